The van der Waals surface area contributed by atoms with Crippen molar-refractivity contribution in [1.29, 1.82) is 0 Å². The lowest BCUT2D eigenvalue weighted by molar-refractivity contribution is 0.00386. The first-order chi connectivity index (χ1) is 13.6. The van der Waals surface area contributed by atoms with E-state index in [0.29, 0.717) is 22.9 Å². The van der Waals surface area contributed by atoms with Crippen molar-refractivity contribution in [2.24, 2.45) is 11.8 Å². The zero-order valence-electron chi connectivity index (χ0n) is 15.0. The standard InChI is InChI=1S/C20H20ClN5O2/c21-20-24-18(23-13-7-10(13)9-4-2-1-3-5-9)14-19(25-20)26(8-22-14)15-11-6-12(11)16(27)17(15)28/h1-5,8,10-13,15-17,27-28H,6-7H2,(H,23,24,25)/t10-,11+,12-,13+,15-,16-,17+/m1/s1. The molecule has 7 atom stereocenters. The van der Waals surface area contributed by atoms with E-state index in [1.54, 1.807) is 6.33 Å². The quantitative estimate of drug-likeness (QED) is 0.585. The Morgan fingerprint density at radius 2 is 1.86 bits per heavy atom. The van der Waals surface area contributed by atoms with Gasteiger partial charge in [-0.3, -0.25) is 0 Å². The lowest BCUT2D eigenvalue weighted by Crippen LogP contribution is -2.31. The number of rotatable bonds is 4. The van der Waals surface area contributed by atoms with Gasteiger partial charge in [0.15, 0.2) is 17.0 Å². The normalized spacial score (nSPS) is 35.8. The van der Waals surface area contributed by atoms with E-state index in [0.717, 1.165) is 12.8 Å². The monoisotopic (exact) mass is 397 g/mol. The number of imidazole rings is 1. The van der Waals surface area contributed by atoms with E-state index in [9.17, 15) is 10.2 Å². The van der Waals surface area contributed by atoms with Gasteiger partial charge in [0.05, 0.1) is 18.5 Å². The van der Waals surface area contributed by atoms with Crippen LogP contribution in [0.15, 0.2) is 36.7 Å². The van der Waals surface area contributed by atoms with Gasteiger partial charge < -0.3 is 20.1 Å². The van der Waals surface area contributed by atoms with Gasteiger partial charge in [-0.1, -0.05) is 30.3 Å². The number of nitrogens with zero attached hydrogens (tertiary/aromatic N) is 4. The van der Waals surface area contributed by atoms with Gasteiger partial charge in [-0.15, -0.1) is 0 Å². The summed E-state index contributed by atoms with van der Waals surface area (Å²) in [6, 6.07) is 10.5. The minimum atomic E-state index is -0.808. The summed E-state index contributed by atoms with van der Waals surface area (Å²) in [5.41, 5.74) is 2.56. The molecular weight excluding hydrogens is 378 g/mol. The Labute approximate surface area is 166 Å². The largest absolute Gasteiger partial charge is 0.390 e. The summed E-state index contributed by atoms with van der Waals surface area (Å²) in [5.74, 6) is 1.51. The van der Waals surface area contributed by atoms with Crippen molar-refractivity contribution in [3.05, 3.63) is 47.5 Å². The van der Waals surface area contributed by atoms with Gasteiger partial charge in [0, 0.05) is 12.0 Å². The Kier molecular flexibility index (Phi) is 3.51. The van der Waals surface area contributed by atoms with E-state index in [4.69, 9.17) is 11.6 Å². The smallest absolute Gasteiger partial charge is 0.226 e. The number of benzene rings is 1. The maximum absolute atomic E-state index is 10.5. The van der Waals surface area contributed by atoms with E-state index in [1.165, 1.54) is 5.56 Å². The lowest BCUT2D eigenvalue weighted by Gasteiger charge is -2.22. The number of hydrogen-bond acceptors (Lipinski definition) is 6. The summed E-state index contributed by atoms with van der Waals surface area (Å²) >= 11 is 6.21. The Bertz CT molecular complexity index is 1060. The molecule has 0 amide bonds. The van der Waals surface area contributed by atoms with Crippen LogP contribution in [0.2, 0.25) is 5.28 Å². The maximum Gasteiger partial charge on any atom is 0.226 e. The van der Waals surface area contributed by atoms with E-state index in [2.05, 4.69) is 44.5 Å². The van der Waals surface area contributed by atoms with Crippen LogP contribution >= 0.6 is 11.6 Å². The summed E-state index contributed by atoms with van der Waals surface area (Å²) in [6.07, 6.45) is 2.15. The second-order valence-corrected chi connectivity index (χ2v) is 8.54. The number of aliphatic hydroxyl groups excluding tert-OH is 2. The highest BCUT2D eigenvalue weighted by Crippen LogP contribution is 2.58. The van der Waals surface area contributed by atoms with Crippen LogP contribution in [-0.2, 0) is 0 Å². The third-order valence-corrected chi connectivity index (χ3v) is 6.69. The van der Waals surface area contributed by atoms with Gasteiger partial charge in [-0.25, -0.2) is 4.98 Å². The predicted octanol–water partition coefficient (Wildman–Crippen LogP) is 2.36. The Balaban J connectivity index is 1.32. The van der Waals surface area contributed by atoms with Crippen LogP contribution in [0.3, 0.4) is 0 Å². The molecule has 0 bridgehead atoms. The molecule has 3 saturated carbocycles. The molecule has 3 N–H and O–H groups in total. The van der Waals surface area contributed by atoms with Gasteiger partial charge in [0.1, 0.15) is 6.10 Å². The summed E-state index contributed by atoms with van der Waals surface area (Å²) < 4.78 is 1.86. The molecule has 3 aliphatic rings. The van der Waals surface area contributed by atoms with E-state index in [-0.39, 0.29) is 29.2 Å². The van der Waals surface area contributed by atoms with Crippen molar-refractivity contribution in [2.75, 3.05) is 5.32 Å². The zero-order chi connectivity index (χ0) is 19.0. The van der Waals surface area contributed by atoms with Crippen LogP contribution in [0.5, 0.6) is 0 Å². The molecular formula is C20H20ClN5O2. The fourth-order valence-electron chi connectivity index (χ4n) is 4.91. The number of fused-ring (bicyclic) bond motifs is 2. The molecule has 0 saturated heterocycles. The van der Waals surface area contributed by atoms with Crippen molar-refractivity contribution in [3.8, 4) is 0 Å². The van der Waals surface area contributed by atoms with Gasteiger partial charge in [0.25, 0.3) is 0 Å². The van der Waals surface area contributed by atoms with Crippen LogP contribution in [0, 0.1) is 11.8 Å². The maximum atomic E-state index is 10.5. The van der Waals surface area contributed by atoms with Crippen LogP contribution in [-0.4, -0.2) is 48.0 Å². The molecule has 2 aromatic heterocycles. The number of hydrogen-bond donors (Lipinski definition) is 3. The predicted molar refractivity (Wildman–Crippen MR) is 104 cm³/mol. The van der Waals surface area contributed by atoms with Crippen LogP contribution in [0.1, 0.15) is 30.4 Å². The minimum absolute atomic E-state index is 0.147. The average Bonchev–Trinajstić information content (AvgIpc) is 3.58. The van der Waals surface area contributed by atoms with E-state index >= 15 is 0 Å². The summed E-state index contributed by atoms with van der Waals surface area (Å²) in [6.45, 7) is 0. The van der Waals surface area contributed by atoms with E-state index < -0.39 is 12.2 Å². The highest BCUT2D eigenvalue weighted by atomic mass is 35.5. The zero-order valence-corrected chi connectivity index (χ0v) is 15.7. The van der Waals surface area contributed by atoms with Crippen molar-refractivity contribution < 1.29 is 10.2 Å². The summed E-state index contributed by atoms with van der Waals surface area (Å²) in [5, 5.41) is 24.2. The third kappa shape index (κ3) is 2.46. The molecule has 8 heteroatoms. The topological polar surface area (TPSA) is 96.1 Å². The average molecular weight is 398 g/mol. The first kappa shape index (κ1) is 16.7. The van der Waals surface area contributed by atoms with Gasteiger partial charge in [-0.05, 0) is 41.8 Å². The Morgan fingerprint density at radius 3 is 2.61 bits per heavy atom. The molecule has 0 unspecified atom stereocenters. The second-order valence-electron chi connectivity index (χ2n) is 8.20. The molecule has 7 nitrogen and oxygen atoms in total. The number of aromatic nitrogens is 4. The van der Waals surface area contributed by atoms with Crippen molar-refractivity contribution >= 4 is 28.6 Å². The second kappa shape index (κ2) is 5.89. The van der Waals surface area contributed by atoms with Crippen molar-refractivity contribution in [3.63, 3.8) is 0 Å². The molecule has 3 aromatic rings. The van der Waals surface area contributed by atoms with Crippen molar-refractivity contribution in [1.82, 2.24) is 19.5 Å². The molecule has 0 aliphatic heterocycles. The van der Waals surface area contributed by atoms with Crippen LogP contribution < -0.4 is 5.32 Å². The van der Waals surface area contributed by atoms with Crippen LogP contribution in [0.4, 0.5) is 5.82 Å². The van der Waals surface area contributed by atoms with Gasteiger partial charge in [-0.2, -0.15) is 9.97 Å². The molecule has 144 valence electrons. The molecule has 3 aliphatic carbocycles. The van der Waals surface area contributed by atoms with Gasteiger partial charge in [0.2, 0.25) is 5.28 Å². The number of anilines is 1. The highest BCUT2D eigenvalue weighted by Gasteiger charge is 2.60. The third-order valence-electron chi connectivity index (χ3n) is 6.52. The molecule has 1 aromatic carbocycles. The molecule has 0 spiro atoms. The van der Waals surface area contributed by atoms with Gasteiger partial charge >= 0.3 is 0 Å². The minimum Gasteiger partial charge on any atom is -0.390 e. The van der Waals surface area contributed by atoms with E-state index in [1.807, 2.05) is 10.6 Å². The Hall–Kier alpha value is -2.22. The summed E-state index contributed by atoms with van der Waals surface area (Å²) in [4.78, 5) is 13.3. The molecule has 0 radical (unpaired) electrons. The molecule has 2 heterocycles. The first-order valence-electron chi connectivity index (χ1n) is 9.69. The lowest BCUT2D eigenvalue weighted by atomic mass is 10.1. The SMILES string of the molecule is O[C@@H]1[C@H](O)[C@@H]2C[C@@H]2[C@H]1n1cnc2c(N[C@H]3C[C@@H]3c3ccccc3)nc(Cl)nc21. The number of halogens is 1. The van der Waals surface area contributed by atoms with Crippen LogP contribution in [0.25, 0.3) is 11.2 Å². The molecule has 6 rings (SSSR count). The Morgan fingerprint density at radius 1 is 1.04 bits per heavy atom. The number of aliphatic hydroxyl groups is 2. The molecule has 28 heavy (non-hydrogen) atoms. The fourth-order valence-corrected chi connectivity index (χ4v) is 5.07. The van der Waals surface area contributed by atoms with Crippen molar-refractivity contribution in [2.45, 2.75) is 43.1 Å². The fraction of sp³-hybridized carbons (Fsp3) is 0.450. The first-order valence-corrected chi connectivity index (χ1v) is 10.1. The molecule has 3 fully saturated rings. The summed E-state index contributed by atoms with van der Waals surface area (Å²) in [7, 11) is 0. The number of nitrogens with one attached hydrogen (secondary N) is 1. The highest BCUT2D eigenvalue weighted by molar-refractivity contribution is 6.28.